The number of aromatic nitrogens is 1. The first-order chi connectivity index (χ1) is 17.0. The summed E-state index contributed by atoms with van der Waals surface area (Å²) in [4.78, 5) is 32.1. The molecular weight excluding hydrogens is 464 g/mol. The lowest BCUT2D eigenvalue weighted by atomic mass is 10.1. The number of rotatable bonds is 4. The van der Waals surface area contributed by atoms with E-state index in [2.05, 4.69) is 15.6 Å². The summed E-state index contributed by atoms with van der Waals surface area (Å²) in [5.74, 6) is -0.418. The largest absolute Gasteiger partial charge is 0.480 e. The van der Waals surface area contributed by atoms with Gasteiger partial charge in [0.15, 0.2) is 0 Å². The first-order valence-electron chi connectivity index (χ1n) is 10.9. The molecule has 1 aromatic heterocycles. The van der Waals surface area contributed by atoms with Crippen LogP contribution in [0.25, 0.3) is 0 Å². The lowest BCUT2D eigenvalue weighted by Gasteiger charge is -2.23. The molecule has 0 radical (unpaired) electrons. The Kier molecular flexibility index (Phi) is 6.08. The van der Waals surface area contributed by atoms with Crippen molar-refractivity contribution in [2.75, 3.05) is 22.6 Å². The van der Waals surface area contributed by atoms with Gasteiger partial charge in [0.1, 0.15) is 5.56 Å². The Morgan fingerprint density at radius 3 is 2.54 bits per heavy atom. The van der Waals surface area contributed by atoms with Gasteiger partial charge in [-0.25, -0.2) is 4.98 Å². The van der Waals surface area contributed by atoms with Crippen molar-refractivity contribution >= 4 is 46.2 Å². The molecule has 0 saturated carbocycles. The molecule has 2 amide bonds. The van der Waals surface area contributed by atoms with Gasteiger partial charge in [-0.05, 0) is 54.1 Å². The highest BCUT2D eigenvalue weighted by Crippen LogP contribution is 2.37. The number of carbonyl (C=O) groups excluding carboxylic acids is 2. The van der Waals surface area contributed by atoms with E-state index in [0.717, 1.165) is 22.6 Å². The number of carbonyl (C=O) groups is 2. The average molecular weight is 485 g/mol. The lowest BCUT2D eigenvalue weighted by Crippen LogP contribution is -2.30. The highest BCUT2D eigenvalue weighted by Gasteiger charge is 2.26. The minimum absolute atomic E-state index is 0.219. The first-order valence-corrected chi connectivity index (χ1v) is 11.3. The van der Waals surface area contributed by atoms with Crippen LogP contribution in [0, 0.1) is 0 Å². The van der Waals surface area contributed by atoms with Gasteiger partial charge in [0.05, 0.1) is 35.6 Å². The van der Waals surface area contributed by atoms with Crippen LogP contribution in [-0.4, -0.2) is 23.9 Å². The van der Waals surface area contributed by atoms with Crippen molar-refractivity contribution in [3.8, 4) is 5.88 Å². The Morgan fingerprint density at radius 1 is 0.971 bits per heavy atom. The van der Waals surface area contributed by atoms with E-state index in [4.69, 9.17) is 16.3 Å². The molecule has 8 heteroatoms. The van der Waals surface area contributed by atoms with Crippen LogP contribution in [0.5, 0.6) is 5.88 Å². The molecule has 174 valence electrons. The van der Waals surface area contributed by atoms with E-state index in [1.165, 1.54) is 7.11 Å². The van der Waals surface area contributed by atoms with E-state index >= 15 is 0 Å². The van der Waals surface area contributed by atoms with Crippen LogP contribution in [0.3, 0.4) is 0 Å². The number of nitrogens with one attached hydrogen (secondary N) is 2. The predicted molar refractivity (Wildman–Crippen MR) is 137 cm³/mol. The number of anilines is 4. The molecule has 1 aliphatic heterocycles. The van der Waals surface area contributed by atoms with Gasteiger partial charge in [0.2, 0.25) is 5.88 Å². The highest BCUT2D eigenvalue weighted by atomic mass is 35.5. The number of hydrogen-bond donors (Lipinski definition) is 2. The van der Waals surface area contributed by atoms with Crippen LogP contribution in [0.15, 0.2) is 85.1 Å². The van der Waals surface area contributed by atoms with E-state index in [0.29, 0.717) is 23.4 Å². The van der Waals surface area contributed by atoms with Crippen LogP contribution in [0.4, 0.5) is 22.7 Å². The number of para-hydroxylation sites is 3. The van der Waals surface area contributed by atoms with Crippen LogP contribution in [0.1, 0.15) is 26.3 Å². The Hall–Kier alpha value is -4.36. The predicted octanol–water partition coefficient (Wildman–Crippen LogP) is 5.90. The van der Waals surface area contributed by atoms with E-state index in [1.807, 2.05) is 48.5 Å². The molecule has 7 nitrogen and oxygen atoms in total. The molecule has 0 saturated heterocycles. The molecule has 2 heterocycles. The fraction of sp³-hybridized carbons (Fsp3) is 0.0741. The topological polar surface area (TPSA) is 83.6 Å². The van der Waals surface area contributed by atoms with Crippen molar-refractivity contribution < 1.29 is 14.3 Å². The monoisotopic (exact) mass is 484 g/mol. The van der Waals surface area contributed by atoms with Gasteiger partial charge in [0, 0.05) is 17.6 Å². The SMILES string of the molecule is COc1ncccc1C(=O)Nc1ccc(C(=O)N2Cc3ccccc3Nc3ccccc32)c(Cl)c1. The van der Waals surface area contributed by atoms with Gasteiger partial charge in [-0.3, -0.25) is 9.59 Å². The maximum absolute atomic E-state index is 13.7. The standard InChI is InChI=1S/C27H21ClN4O3/c1-35-26-20(8-6-14-29-26)25(33)30-18-12-13-19(21(28)15-18)27(34)32-16-17-7-2-3-9-22(17)31-23-10-4-5-11-24(23)32/h2-15,31H,16H2,1H3,(H,30,33). The van der Waals surface area contributed by atoms with Crippen LogP contribution < -0.4 is 20.3 Å². The number of nitrogens with zero attached hydrogens (tertiary/aromatic N) is 2. The summed E-state index contributed by atoms with van der Waals surface area (Å²) >= 11 is 6.55. The highest BCUT2D eigenvalue weighted by molar-refractivity contribution is 6.35. The fourth-order valence-electron chi connectivity index (χ4n) is 4.01. The Morgan fingerprint density at radius 2 is 1.74 bits per heavy atom. The number of ether oxygens (including phenoxy) is 1. The quantitative estimate of drug-likeness (QED) is 0.377. The normalized spacial score (nSPS) is 12.0. The summed E-state index contributed by atoms with van der Waals surface area (Å²) < 4.78 is 5.16. The van der Waals surface area contributed by atoms with Crippen molar-refractivity contribution in [3.63, 3.8) is 0 Å². The summed E-state index contributed by atoms with van der Waals surface area (Å²) in [6.45, 7) is 0.384. The van der Waals surface area contributed by atoms with Crippen LogP contribution in [0.2, 0.25) is 5.02 Å². The fourth-order valence-corrected chi connectivity index (χ4v) is 4.27. The molecule has 0 unspecified atom stereocenters. The third-order valence-electron chi connectivity index (χ3n) is 5.72. The second-order valence-corrected chi connectivity index (χ2v) is 8.31. The molecule has 0 bridgehead atoms. The third-order valence-corrected chi connectivity index (χ3v) is 6.03. The summed E-state index contributed by atoms with van der Waals surface area (Å²) in [5.41, 5.74) is 4.59. The number of methoxy groups -OCH3 is 1. The van der Waals surface area contributed by atoms with Gasteiger partial charge in [0.25, 0.3) is 11.8 Å². The number of benzene rings is 3. The zero-order chi connectivity index (χ0) is 24.4. The van der Waals surface area contributed by atoms with Gasteiger partial charge < -0.3 is 20.3 Å². The number of hydrogen-bond acceptors (Lipinski definition) is 5. The van der Waals surface area contributed by atoms with Gasteiger partial charge in [-0.1, -0.05) is 41.9 Å². The van der Waals surface area contributed by atoms with E-state index < -0.39 is 5.91 Å². The minimum Gasteiger partial charge on any atom is -0.480 e. The molecule has 35 heavy (non-hydrogen) atoms. The molecule has 0 atom stereocenters. The Labute approximate surface area is 207 Å². The van der Waals surface area contributed by atoms with Gasteiger partial charge >= 0.3 is 0 Å². The Bertz CT molecular complexity index is 1440. The minimum atomic E-state index is -0.394. The molecule has 0 aliphatic carbocycles. The number of pyridine rings is 1. The van der Waals surface area contributed by atoms with Crippen LogP contribution >= 0.6 is 11.6 Å². The summed E-state index contributed by atoms with van der Waals surface area (Å²) in [6.07, 6.45) is 1.54. The van der Waals surface area contributed by atoms with Crippen molar-refractivity contribution in [1.82, 2.24) is 4.98 Å². The smallest absolute Gasteiger partial charge is 0.261 e. The maximum Gasteiger partial charge on any atom is 0.261 e. The van der Waals surface area contributed by atoms with Crippen molar-refractivity contribution in [3.05, 3.63) is 107 Å². The van der Waals surface area contributed by atoms with Crippen molar-refractivity contribution in [2.24, 2.45) is 0 Å². The van der Waals surface area contributed by atoms with E-state index in [1.54, 1.807) is 41.4 Å². The Balaban J connectivity index is 1.44. The van der Waals surface area contributed by atoms with Crippen LogP contribution in [-0.2, 0) is 6.54 Å². The second kappa shape index (κ2) is 9.48. The van der Waals surface area contributed by atoms with Gasteiger partial charge in [-0.2, -0.15) is 0 Å². The summed E-state index contributed by atoms with van der Waals surface area (Å²) in [6, 6.07) is 23.6. The molecule has 0 spiro atoms. The second-order valence-electron chi connectivity index (χ2n) is 7.90. The average Bonchev–Trinajstić information content (AvgIpc) is 3.05. The zero-order valence-corrected chi connectivity index (χ0v) is 19.5. The van der Waals surface area contributed by atoms with Gasteiger partial charge in [-0.15, -0.1) is 0 Å². The first kappa shape index (κ1) is 22.4. The summed E-state index contributed by atoms with van der Waals surface area (Å²) in [7, 11) is 1.45. The number of halogens is 1. The van der Waals surface area contributed by atoms with E-state index in [9.17, 15) is 9.59 Å². The number of fused-ring (bicyclic) bond motifs is 2. The third kappa shape index (κ3) is 4.41. The summed E-state index contributed by atoms with van der Waals surface area (Å²) in [5, 5.41) is 6.43. The maximum atomic E-state index is 13.7. The van der Waals surface area contributed by atoms with E-state index in [-0.39, 0.29) is 16.8 Å². The lowest BCUT2D eigenvalue weighted by molar-refractivity contribution is 0.0984. The molecule has 5 rings (SSSR count). The van der Waals surface area contributed by atoms with Crippen molar-refractivity contribution in [2.45, 2.75) is 6.54 Å². The molecule has 4 aromatic rings. The number of amides is 2. The zero-order valence-electron chi connectivity index (χ0n) is 18.8. The molecule has 3 aromatic carbocycles. The molecule has 0 fully saturated rings. The molecular formula is C27H21ClN4O3. The molecule has 1 aliphatic rings. The molecule has 2 N–H and O–H groups in total. The van der Waals surface area contributed by atoms with Crippen molar-refractivity contribution in [1.29, 1.82) is 0 Å².